The average Bonchev–Trinajstić information content (AvgIpc) is 2.77. The van der Waals surface area contributed by atoms with Gasteiger partial charge in [-0.3, -0.25) is 19.8 Å². The number of carbonyl (C=O) groups excluding carboxylic acids is 3. The van der Waals surface area contributed by atoms with Crippen molar-refractivity contribution < 1.29 is 19.1 Å². The Morgan fingerprint density at radius 1 is 1.25 bits per heavy atom. The minimum atomic E-state index is -0.794. The largest absolute Gasteiger partial charge is 0.448 e. The van der Waals surface area contributed by atoms with Crippen LogP contribution in [0.1, 0.15) is 49.9 Å². The van der Waals surface area contributed by atoms with E-state index >= 15 is 0 Å². The van der Waals surface area contributed by atoms with E-state index in [1.54, 1.807) is 30.5 Å². The Bertz CT molecular complexity index is 834. The average molecular weight is 444 g/mol. The van der Waals surface area contributed by atoms with Gasteiger partial charge < -0.3 is 15.0 Å². The van der Waals surface area contributed by atoms with Gasteiger partial charge in [0.2, 0.25) is 0 Å². The first-order chi connectivity index (χ1) is 15.2. The van der Waals surface area contributed by atoms with Crippen molar-refractivity contribution >= 4 is 23.6 Å². The lowest BCUT2D eigenvalue weighted by Crippen LogP contribution is -2.46. The molecular formula is C23H33N5O4. The number of hydrogen-bond acceptors (Lipinski definition) is 6. The number of piperidine rings is 1. The summed E-state index contributed by atoms with van der Waals surface area (Å²) in [6.45, 7) is 5.22. The molecule has 1 aromatic carbocycles. The molecule has 0 bridgehead atoms. The Balaban J connectivity index is 1.91. The van der Waals surface area contributed by atoms with E-state index in [-0.39, 0.29) is 12.0 Å². The van der Waals surface area contributed by atoms with Crippen LogP contribution in [-0.2, 0) is 9.53 Å². The summed E-state index contributed by atoms with van der Waals surface area (Å²) in [5.74, 6) is -0.730. The number of rotatable bonds is 8. The SMILES string of the molecule is CC(C)CC(NC(=O)c1ccc(NC(=O)OCC2CCCCN2C)cc1)C(=O)N(C)C#N. The number of nitrogens with zero attached hydrogens (tertiary/aromatic N) is 3. The van der Waals surface area contributed by atoms with Crippen LogP contribution in [0.2, 0.25) is 0 Å². The molecule has 1 heterocycles. The highest BCUT2D eigenvalue weighted by molar-refractivity contribution is 5.98. The van der Waals surface area contributed by atoms with E-state index in [4.69, 9.17) is 10.00 Å². The zero-order valence-electron chi connectivity index (χ0n) is 19.3. The number of nitrogens with one attached hydrogen (secondary N) is 2. The van der Waals surface area contributed by atoms with Gasteiger partial charge in [0.25, 0.3) is 11.8 Å². The molecule has 9 heteroatoms. The molecule has 174 valence electrons. The van der Waals surface area contributed by atoms with Gasteiger partial charge in [0.1, 0.15) is 12.6 Å². The fourth-order valence-corrected chi connectivity index (χ4v) is 3.60. The van der Waals surface area contributed by atoms with Gasteiger partial charge in [-0.1, -0.05) is 20.3 Å². The summed E-state index contributed by atoms with van der Waals surface area (Å²) in [5.41, 5.74) is 0.844. The van der Waals surface area contributed by atoms with Crippen LogP contribution in [0.3, 0.4) is 0 Å². The number of ether oxygens (including phenoxy) is 1. The molecule has 0 aliphatic carbocycles. The molecule has 0 spiro atoms. The van der Waals surface area contributed by atoms with E-state index in [0.29, 0.717) is 24.3 Å². The van der Waals surface area contributed by atoms with Crippen molar-refractivity contribution in [3.8, 4) is 6.19 Å². The summed E-state index contributed by atoms with van der Waals surface area (Å²) in [6, 6.07) is 5.77. The Kier molecular flexibility index (Phi) is 9.47. The van der Waals surface area contributed by atoms with Gasteiger partial charge >= 0.3 is 6.09 Å². The molecule has 1 aliphatic rings. The molecule has 2 N–H and O–H groups in total. The van der Waals surface area contributed by atoms with Crippen LogP contribution >= 0.6 is 0 Å². The number of hydrogen-bond donors (Lipinski definition) is 2. The standard InChI is InChI=1S/C23H33N5O4/c1-16(2)13-20(22(30)28(4)15-24)26-21(29)17-8-10-18(11-9-17)25-23(31)32-14-19-7-5-6-12-27(19)3/h8-11,16,19-20H,5-7,12-14H2,1-4H3,(H,25,31)(H,26,29). The third-order valence-corrected chi connectivity index (χ3v) is 5.51. The Labute approximate surface area is 189 Å². The molecule has 1 saturated heterocycles. The van der Waals surface area contributed by atoms with Crippen LogP contribution in [0, 0.1) is 17.4 Å². The first kappa shape index (κ1) is 25.1. The predicted octanol–water partition coefficient (Wildman–Crippen LogP) is 2.80. The lowest BCUT2D eigenvalue weighted by molar-refractivity contribution is -0.129. The van der Waals surface area contributed by atoms with Crippen LogP contribution < -0.4 is 10.6 Å². The Hall–Kier alpha value is -3.12. The van der Waals surface area contributed by atoms with E-state index in [9.17, 15) is 14.4 Å². The fraction of sp³-hybridized carbons (Fsp3) is 0.565. The van der Waals surface area contributed by atoms with Crippen LogP contribution in [0.25, 0.3) is 0 Å². The van der Waals surface area contributed by atoms with Gasteiger partial charge in [0, 0.05) is 24.3 Å². The quantitative estimate of drug-likeness (QED) is 0.472. The van der Waals surface area contributed by atoms with Crippen molar-refractivity contribution in [1.29, 1.82) is 5.26 Å². The Morgan fingerprint density at radius 2 is 1.94 bits per heavy atom. The first-order valence-corrected chi connectivity index (χ1v) is 10.9. The molecule has 2 atom stereocenters. The molecule has 0 radical (unpaired) electrons. The second kappa shape index (κ2) is 12.1. The number of nitriles is 1. The van der Waals surface area contributed by atoms with Crippen LogP contribution in [-0.4, -0.2) is 67.0 Å². The highest BCUT2D eigenvalue weighted by atomic mass is 16.5. The van der Waals surface area contributed by atoms with Crippen molar-refractivity contribution in [3.05, 3.63) is 29.8 Å². The third-order valence-electron chi connectivity index (χ3n) is 5.51. The summed E-state index contributed by atoms with van der Waals surface area (Å²) in [4.78, 5) is 40.2. The van der Waals surface area contributed by atoms with Crippen molar-refractivity contribution in [1.82, 2.24) is 15.1 Å². The molecular weight excluding hydrogens is 410 g/mol. The number of benzene rings is 1. The number of anilines is 1. The normalized spacial score (nSPS) is 17.2. The minimum absolute atomic E-state index is 0.155. The summed E-state index contributed by atoms with van der Waals surface area (Å²) < 4.78 is 5.34. The van der Waals surface area contributed by atoms with Crippen molar-refractivity contribution in [2.45, 2.75) is 51.6 Å². The molecule has 0 aromatic heterocycles. The zero-order chi connectivity index (χ0) is 23.7. The van der Waals surface area contributed by atoms with Crippen LogP contribution in [0.15, 0.2) is 24.3 Å². The second-order valence-corrected chi connectivity index (χ2v) is 8.58. The number of carbonyl (C=O) groups is 3. The first-order valence-electron chi connectivity index (χ1n) is 10.9. The fourth-order valence-electron chi connectivity index (χ4n) is 3.60. The van der Waals surface area contributed by atoms with Gasteiger partial charge in [0.05, 0.1) is 0 Å². The van der Waals surface area contributed by atoms with Crippen LogP contribution in [0.5, 0.6) is 0 Å². The molecule has 1 aliphatic heterocycles. The number of amides is 3. The summed E-state index contributed by atoms with van der Waals surface area (Å²) in [7, 11) is 3.40. The van der Waals surface area contributed by atoms with Crippen molar-refractivity contribution in [2.75, 3.05) is 32.6 Å². The molecule has 3 amide bonds. The molecule has 2 rings (SSSR count). The maximum absolute atomic E-state index is 12.6. The molecule has 2 unspecified atom stereocenters. The van der Waals surface area contributed by atoms with E-state index in [2.05, 4.69) is 15.5 Å². The van der Waals surface area contributed by atoms with Gasteiger partial charge in [-0.15, -0.1) is 0 Å². The monoisotopic (exact) mass is 443 g/mol. The lowest BCUT2D eigenvalue weighted by Gasteiger charge is -2.31. The molecule has 9 nitrogen and oxygen atoms in total. The van der Waals surface area contributed by atoms with E-state index in [1.807, 2.05) is 20.9 Å². The molecule has 1 aromatic rings. The lowest BCUT2D eigenvalue weighted by atomic mass is 10.0. The van der Waals surface area contributed by atoms with Crippen molar-refractivity contribution in [2.24, 2.45) is 5.92 Å². The summed E-state index contributed by atoms with van der Waals surface area (Å²) in [5, 5.41) is 14.3. The van der Waals surface area contributed by atoms with Gasteiger partial charge in [-0.05, 0) is 63.0 Å². The Morgan fingerprint density at radius 3 is 2.53 bits per heavy atom. The number of likely N-dealkylation sites (tertiary alicyclic amines) is 1. The third kappa shape index (κ3) is 7.54. The minimum Gasteiger partial charge on any atom is -0.448 e. The molecule has 1 fully saturated rings. The number of likely N-dealkylation sites (N-methyl/N-ethyl adjacent to an activating group) is 2. The second-order valence-electron chi connectivity index (χ2n) is 8.58. The topological polar surface area (TPSA) is 115 Å². The molecule has 32 heavy (non-hydrogen) atoms. The maximum Gasteiger partial charge on any atom is 0.411 e. The molecule has 0 saturated carbocycles. The zero-order valence-corrected chi connectivity index (χ0v) is 19.3. The smallest absolute Gasteiger partial charge is 0.411 e. The summed E-state index contributed by atoms with van der Waals surface area (Å²) >= 11 is 0. The van der Waals surface area contributed by atoms with Crippen molar-refractivity contribution in [3.63, 3.8) is 0 Å². The van der Waals surface area contributed by atoms with Gasteiger partial charge in [-0.25, -0.2) is 4.79 Å². The predicted molar refractivity (Wildman–Crippen MR) is 121 cm³/mol. The van der Waals surface area contributed by atoms with E-state index in [0.717, 1.165) is 24.3 Å². The van der Waals surface area contributed by atoms with Gasteiger partial charge in [0.15, 0.2) is 6.19 Å². The maximum atomic E-state index is 12.6. The summed E-state index contributed by atoms with van der Waals surface area (Å²) in [6.07, 6.45) is 4.96. The highest BCUT2D eigenvalue weighted by Gasteiger charge is 2.25. The van der Waals surface area contributed by atoms with Gasteiger partial charge in [-0.2, -0.15) is 5.26 Å². The van der Waals surface area contributed by atoms with E-state index < -0.39 is 23.9 Å². The van der Waals surface area contributed by atoms with E-state index in [1.165, 1.54) is 13.5 Å². The van der Waals surface area contributed by atoms with Crippen LogP contribution in [0.4, 0.5) is 10.5 Å². The highest BCUT2D eigenvalue weighted by Crippen LogP contribution is 2.16.